The van der Waals surface area contributed by atoms with Crippen LogP contribution in [-0.4, -0.2) is 17.0 Å². The second-order valence-corrected chi connectivity index (χ2v) is 4.97. The topological polar surface area (TPSA) is 87.7 Å². The van der Waals surface area contributed by atoms with Crippen LogP contribution in [0.4, 0.5) is 10.1 Å². The van der Waals surface area contributed by atoms with E-state index in [1.165, 1.54) is 36.4 Å². The van der Waals surface area contributed by atoms with Gasteiger partial charge in [-0.25, -0.2) is 4.39 Å². The molecule has 0 fully saturated rings. The highest BCUT2D eigenvalue weighted by Crippen LogP contribution is 2.25. The normalized spacial score (nSPS) is 11.2. The third kappa shape index (κ3) is 3.38. The number of hydrogen-bond acceptors (Lipinski definition) is 3. The number of benzene rings is 2. The Morgan fingerprint density at radius 2 is 1.81 bits per heavy atom. The highest BCUT2D eigenvalue weighted by molar-refractivity contribution is 9.10. The van der Waals surface area contributed by atoms with Gasteiger partial charge in [0, 0.05) is 15.6 Å². The van der Waals surface area contributed by atoms with Crippen LogP contribution < -0.4 is 11.1 Å². The number of oxime groups is 1. The van der Waals surface area contributed by atoms with E-state index in [-0.39, 0.29) is 11.5 Å². The molecule has 0 bridgehead atoms. The summed E-state index contributed by atoms with van der Waals surface area (Å²) in [7, 11) is 0. The molecule has 0 aliphatic carbocycles. The van der Waals surface area contributed by atoms with E-state index in [0.29, 0.717) is 15.6 Å². The molecular weight excluding hydrogens is 341 g/mol. The van der Waals surface area contributed by atoms with Crippen LogP contribution in [0.2, 0.25) is 0 Å². The van der Waals surface area contributed by atoms with Gasteiger partial charge in [0.05, 0.1) is 5.69 Å². The third-order valence-electron chi connectivity index (χ3n) is 2.75. The predicted octanol–water partition coefficient (Wildman–Crippen LogP) is 2.94. The highest BCUT2D eigenvalue weighted by atomic mass is 79.9. The minimum absolute atomic E-state index is 0.0567. The Bertz CT molecular complexity index is 682. The van der Waals surface area contributed by atoms with E-state index in [4.69, 9.17) is 10.9 Å². The summed E-state index contributed by atoms with van der Waals surface area (Å²) in [5, 5.41) is 13.9. The lowest BCUT2D eigenvalue weighted by Gasteiger charge is -2.08. The van der Waals surface area contributed by atoms with Crippen molar-refractivity contribution in [3.05, 3.63) is 63.9 Å². The van der Waals surface area contributed by atoms with Crippen molar-refractivity contribution in [2.75, 3.05) is 5.32 Å². The summed E-state index contributed by atoms with van der Waals surface area (Å²) in [5.74, 6) is -1.06. The second-order valence-electron chi connectivity index (χ2n) is 4.11. The number of amidine groups is 1. The van der Waals surface area contributed by atoms with Crippen LogP contribution in [0.15, 0.2) is 52.1 Å². The van der Waals surface area contributed by atoms with Crippen LogP contribution in [0.3, 0.4) is 0 Å². The van der Waals surface area contributed by atoms with Crippen molar-refractivity contribution in [2.45, 2.75) is 0 Å². The molecule has 0 saturated carbocycles. The van der Waals surface area contributed by atoms with Gasteiger partial charge in [-0.15, -0.1) is 0 Å². The Balaban J connectivity index is 2.21. The van der Waals surface area contributed by atoms with Crippen molar-refractivity contribution in [3.63, 3.8) is 0 Å². The summed E-state index contributed by atoms with van der Waals surface area (Å²) < 4.78 is 14.1. The van der Waals surface area contributed by atoms with Gasteiger partial charge >= 0.3 is 0 Å². The Kier molecular flexibility index (Phi) is 4.54. The molecule has 108 valence electrons. The van der Waals surface area contributed by atoms with Gasteiger partial charge < -0.3 is 16.3 Å². The molecule has 2 aromatic rings. The van der Waals surface area contributed by atoms with Crippen molar-refractivity contribution in [1.82, 2.24) is 0 Å². The number of carbonyl (C=O) groups is 1. The predicted molar refractivity (Wildman–Crippen MR) is 81.0 cm³/mol. The number of nitrogens with zero attached hydrogens (tertiary/aromatic N) is 1. The van der Waals surface area contributed by atoms with E-state index >= 15 is 0 Å². The van der Waals surface area contributed by atoms with Gasteiger partial charge in [0.15, 0.2) is 5.84 Å². The number of nitrogens with two attached hydrogens (primary N) is 1. The van der Waals surface area contributed by atoms with Gasteiger partial charge in [0.25, 0.3) is 5.91 Å². The van der Waals surface area contributed by atoms with Crippen LogP contribution in [0.5, 0.6) is 0 Å². The molecule has 0 unspecified atom stereocenters. The zero-order valence-corrected chi connectivity index (χ0v) is 12.3. The Labute approximate surface area is 128 Å². The molecule has 2 aromatic carbocycles. The van der Waals surface area contributed by atoms with Gasteiger partial charge in [0.1, 0.15) is 5.82 Å². The average Bonchev–Trinajstić information content (AvgIpc) is 2.50. The molecular formula is C14H11BrFN3O2. The average molecular weight is 352 g/mol. The number of anilines is 1. The molecule has 21 heavy (non-hydrogen) atoms. The third-order valence-corrected chi connectivity index (χ3v) is 3.41. The Morgan fingerprint density at radius 1 is 1.19 bits per heavy atom. The molecule has 7 heteroatoms. The van der Waals surface area contributed by atoms with Crippen LogP contribution in [0, 0.1) is 5.82 Å². The first-order valence-electron chi connectivity index (χ1n) is 5.86. The number of nitrogens with one attached hydrogen (secondary N) is 1. The zero-order chi connectivity index (χ0) is 15.4. The van der Waals surface area contributed by atoms with E-state index in [1.807, 2.05) is 0 Å². The molecule has 0 aliphatic heterocycles. The second kappa shape index (κ2) is 6.36. The molecule has 0 spiro atoms. The first-order valence-corrected chi connectivity index (χ1v) is 6.65. The Hall–Kier alpha value is -2.41. The lowest BCUT2D eigenvalue weighted by molar-refractivity contribution is 0.102. The van der Waals surface area contributed by atoms with Gasteiger partial charge in [-0.05, 0) is 40.2 Å². The minimum atomic E-state index is -0.536. The number of amides is 1. The fourth-order valence-corrected chi connectivity index (χ4v) is 2.09. The van der Waals surface area contributed by atoms with Crippen LogP contribution >= 0.6 is 15.9 Å². The molecule has 5 nitrogen and oxygen atoms in total. The van der Waals surface area contributed by atoms with Crippen LogP contribution in [0.1, 0.15) is 15.9 Å². The maximum absolute atomic E-state index is 13.6. The summed E-state index contributed by atoms with van der Waals surface area (Å²) in [6.07, 6.45) is 0. The maximum Gasteiger partial charge on any atom is 0.255 e. The number of halogens is 2. The standard InChI is InChI=1S/C14H11BrFN3O2/c15-10-2-1-3-11(16)12(10)18-14(20)9-6-4-8(5-7-9)13(17)19-21/h1-7,21H,(H2,17,19)(H,18,20). The van der Waals surface area contributed by atoms with E-state index in [1.54, 1.807) is 6.07 Å². The first kappa shape index (κ1) is 15.0. The van der Waals surface area contributed by atoms with Gasteiger partial charge in [-0.3, -0.25) is 4.79 Å². The van der Waals surface area contributed by atoms with Crippen molar-refractivity contribution in [2.24, 2.45) is 10.9 Å². The van der Waals surface area contributed by atoms with Crippen molar-refractivity contribution >= 4 is 33.4 Å². The zero-order valence-electron chi connectivity index (χ0n) is 10.7. The van der Waals surface area contributed by atoms with Gasteiger partial charge in [0.2, 0.25) is 0 Å². The number of carbonyl (C=O) groups excluding carboxylic acids is 1. The number of hydrogen-bond donors (Lipinski definition) is 3. The minimum Gasteiger partial charge on any atom is -0.409 e. The summed E-state index contributed by atoms with van der Waals surface area (Å²) in [6.45, 7) is 0. The summed E-state index contributed by atoms with van der Waals surface area (Å²) >= 11 is 3.17. The summed E-state index contributed by atoms with van der Waals surface area (Å²) in [6, 6.07) is 10.5. The molecule has 1 amide bonds. The molecule has 0 heterocycles. The van der Waals surface area contributed by atoms with Crippen molar-refractivity contribution in [1.29, 1.82) is 0 Å². The molecule has 0 aromatic heterocycles. The fraction of sp³-hybridized carbons (Fsp3) is 0. The monoisotopic (exact) mass is 351 g/mol. The van der Waals surface area contributed by atoms with Crippen LogP contribution in [0.25, 0.3) is 0 Å². The number of para-hydroxylation sites is 1. The SMILES string of the molecule is N/C(=N/O)c1ccc(C(=O)Nc2c(F)cccc2Br)cc1. The Morgan fingerprint density at radius 3 is 2.38 bits per heavy atom. The lowest BCUT2D eigenvalue weighted by Crippen LogP contribution is -2.15. The largest absolute Gasteiger partial charge is 0.409 e. The lowest BCUT2D eigenvalue weighted by atomic mass is 10.1. The molecule has 2 rings (SSSR count). The molecule has 0 aliphatic rings. The van der Waals surface area contributed by atoms with Crippen LogP contribution in [-0.2, 0) is 0 Å². The molecule has 0 atom stereocenters. The first-order chi connectivity index (χ1) is 10.0. The van der Waals surface area contributed by atoms with Crippen molar-refractivity contribution in [3.8, 4) is 0 Å². The van der Waals surface area contributed by atoms with Gasteiger partial charge in [-0.1, -0.05) is 23.4 Å². The van der Waals surface area contributed by atoms with E-state index < -0.39 is 11.7 Å². The van der Waals surface area contributed by atoms with Gasteiger partial charge in [-0.2, -0.15) is 0 Å². The summed E-state index contributed by atoms with van der Waals surface area (Å²) in [5.41, 5.74) is 6.29. The maximum atomic E-state index is 13.6. The van der Waals surface area contributed by atoms with E-state index in [0.717, 1.165) is 0 Å². The summed E-state index contributed by atoms with van der Waals surface area (Å²) in [4.78, 5) is 12.1. The number of rotatable bonds is 3. The fourth-order valence-electron chi connectivity index (χ4n) is 1.65. The highest BCUT2D eigenvalue weighted by Gasteiger charge is 2.12. The quantitative estimate of drug-likeness (QED) is 0.344. The van der Waals surface area contributed by atoms with E-state index in [2.05, 4.69) is 26.4 Å². The smallest absolute Gasteiger partial charge is 0.255 e. The van der Waals surface area contributed by atoms with Crippen molar-refractivity contribution < 1.29 is 14.4 Å². The molecule has 4 N–H and O–H groups in total. The molecule has 0 saturated heterocycles. The van der Waals surface area contributed by atoms with E-state index in [9.17, 15) is 9.18 Å². The molecule has 0 radical (unpaired) electrons.